The van der Waals surface area contributed by atoms with Gasteiger partial charge in [0.15, 0.2) is 0 Å². The molecule has 0 spiro atoms. The smallest absolute Gasteiger partial charge is 0.307 e. The number of hydrogen-bond donors (Lipinski definition) is 2. The van der Waals surface area contributed by atoms with Crippen LogP contribution in [0.5, 0.6) is 0 Å². The Bertz CT molecular complexity index is 881. The van der Waals surface area contributed by atoms with E-state index in [1.54, 1.807) is 31.3 Å². The van der Waals surface area contributed by atoms with Crippen LogP contribution in [-0.2, 0) is 16.1 Å². The van der Waals surface area contributed by atoms with E-state index in [1.807, 2.05) is 30.3 Å². The molecule has 6 heteroatoms. The van der Waals surface area contributed by atoms with Crippen molar-refractivity contribution in [3.8, 4) is 0 Å². The van der Waals surface area contributed by atoms with Crippen molar-refractivity contribution in [1.29, 1.82) is 0 Å². The quantitative estimate of drug-likeness (QED) is 0.785. The van der Waals surface area contributed by atoms with Crippen molar-refractivity contribution < 1.29 is 19.5 Å². The van der Waals surface area contributed by atoms with Gasteiger partial charge in [0.1, 0.15) is 0 Å². The summed E-state index contributed by atoms with van der Waals surface area (Å²) in [4.78, 5) is 38.9. The van der Waals surface area contributed by atoms with E-state index in [-0.39, 0.29) is 11.8 Å². The minimum Gasteiger partial charge on any atom is -0.481 e. The monoisotopic (exact) mass is 394 g/mol. The third-order valence-electron chi connectivity index (χ3n) is 5.54. The third-order valence-corrected chi connectivity index (χ3v) is 5.54. The molecule has 1 aliphatic rings. The van der Waals surface area contributed by atoms with E-state index in [9.17, 15) is 19.5 Å². The summed E-state index contributed by atoms with van der Waals surface area (Å²) < 4.78 is 0. The van der Waals surface area contributed by atoms with Gasteiger partial charge in [-0.05, 0) is 30.5 Å². The van der Waals surface area contributed by atoms with Gasteiger partial charge in [-0.2, -0.15) is 0 Å². The van der Waals surface area contributed by atoms with Crippen LogP contribution in [0.1, 0.15) is 41.6 Å². The van der Waals surface area contributed by atoms with Gasteiger partial charge in [-0.1, -0.05) is 55.3 Å². The third kappa shape index (κ3) is 4.83. The van der Waals surface area contributed by atoms with Gasteiger partial charge >= 0.3 is 5.97 Å². The maximum absolute atomic E-state index is 13.1. The molecule has 0 bridgehead atoms. The van der Waals surface area contributed by atoms with Crippen LogP contribution in [0.15, 0.2) is 54.6 Å². The van der Waals surface area contributed by atoms with Crippen LogP contribution in [0, 0.1) is 11.8 Å². The molecule has 1 aliphatic carbocycles. The minimum atomic E-state index is -0.926. The Kier molecular flexibility index (Phi) is 6.65. The van der Waals surface area contributed by atoms with E-state index in [0.29, 0.717) is 30.6 Å². The fourth-order valence-corrected chi connectivity index (χ4v) is 3.92. The zero-order valence-corrected chi connectivity index (χ0v) is 16.5. The second-order valence-electron chi connectivity index (χ2n) is 7.42. The second kappa shape index (κ2) is 9.37. The van der Waals surface area contributed by atoms with Gasteiger partial charge in [0.05, 0.1) is 23.1 Å². The average molecular weight is 394 g/mol. The summed E-state index contributed by atoms with van der Waals surface area (Å²) in [6, 6.07) is 16.5. The molecule has 2 N–H and O–H groups in total. The Morgan fingerprint density at radius 1 is 0.966 bits per heavy atom. The summed E-state index contributed by atoms with van der Waals surface area (Å²) in [5, 5.41) is 12.4. The molecule has 6 nitrogen and oxygen atoms in total. The number of benzene rings is 2. The maximum atomic E-state index is 13.1. The summed E-state index contributed by atoms with van der Waals surface area (Å²) in [7, 11) is 1.61. The fourth-order valence-electron chi connectivity index (χ4n) is 3.92. The Morgan fingerprint density at radius 2 is 1.59 bits per heavy atom. The predicted octanol–water partition coefficient (Wildman–Crippen LogP) is 3.47. The standard InChI is InChI=1S/C23H26N2O4/c1-25(22(27)17-11-5-6-12-18(17)23(28)29)20-14-8-7-13-19(20)21(26)24-15-16-9-3-2-4-10-16/h2-4,7-10,13-14,17-18H,5-6,11-12,15H2,1H3,(H,24,26)(H,28,29). The van der Waals surface area contributed by atoms with E-state index in [4.69, 9.17) is 0 Å². The Morgan fingerprint density at radius 3 is 2.28 bits per heavy atom. The molecule has 2 amide bonds. The number of aliphatic carboxylic acids is 1. The summed E-state index contributed by atoms with van der Waals surface area (Å²) in [6.45, 7) is 0.384. The van der Waals surface area contributed by atoms with Gasteiger partial charge in [-0.25, -0.2) is 0 Å². The number of hydrogen-bond acceptors (Lipinski definition) is 3. The number of carboxylic acids is 1. The van der Waals surface area contributed by atoms with Crippen LogP contribution < -0.4 is 10.2 Å². The van der Waals surface area contributed by atoms with Crippen molar-refractivity contribution in [2.24, 2.45) is 11.8 Å². The molecule has 29 heavy (non-hydrogen) atoms. The molecular formula is C23H26N2O4. The van der Waals surface area contributed by atoms with E-state index < -0.39 is 17.8 Å². The van der Waals surface area contributed by atoms with Gasteiger partial charge in [0, 0.05) is 13.6 Å². The first-order valence-corrected chi connectivity index (χ1v) is 9.90. The number of carbonyl (C=O) groups is 3. The summed E-state index contributed by atoms with van der Waals surface area (Å²) in [5.41, 5.74) is 1.86. The molecule has 2 unspecified atom stereocenters. The molecule has 1 saturated carbocycles. The molecule has 0 aliphatic heterocycles. The topological polar surface area (TPSA) is 86.7 Å². The molecule has 0 heterocycles. The molecule has 0 radical (unpaired) electrons. The van der Waals surface area contributed by atoms with Gasteiger partial charge in [0.2, 0.25) is 5.91 Å². The Labute approximate surface area is 170 Å². The highest BCUT2D eigenvalue weighted by molar-refractivity contribution is 6.05. The van der Waals surface area contributed by atoms with Crippen molar-refractivity contribution >= 4 is 23.5 Å². The zero-order valence-electron chi connectivity index (χ0n) is 16.5. The predicted molar refractivity (Wildman–Crippen MR) is 111 cm³/mol. The lowest BCUT2D eigenvalue weighted by atomic mass is 9.78. The maximum Gasteiger partial charge on any atom is 0.307 e. The highest BCUT2D eigenvalue weighted by atomic mass is 16.4. The van der Waals surface area contributed by atoms with E-state index in [1.165, 1.54) is 4.90 Å². The van der Waals surface area contributed by atoms with Crippen LogP contribution in [0.4, 0.5) is 5.69 Å². The normalized spacial score (nSPS) is 18.7. The number of carboxylic acid groups (broad SMARTS) is 1. The van der Waals surface area contributed by atoms with Crippen LogP contribution in [0.3, 0.4) is 0 Å². The van der Waals surface area contributed by atoms with Gasteiger partial charge < -0.3 is 15.3 Å². The molecule has 2 aromatic carbocycles. The fraction of sp³-hybridized carbons (Fsp3) is 0.348. The highest BCUT2D eigenvalue weighted by Crippen LogP contribution is 2.33. The lowest BCUT2D eigenvalue weighted by Gasteiger charge is -2.31. The highest BCUT2D eigenvalue weighted by Gasteiger charge is 2.37. The first-order chi connectivity index (χ1) is 14.0. The number of anilines is 1. The van der Waals surface area contributed by atoms with Gasteiger partial charge in [-0.3, -0.25) is 14.4 Å². The molecule has 2 aromatic rings. The summed E-state index contributed by atoms with van der Waals surface area (Å²) in [6.07, 6.45) is 2.73. The van der Waals surface area contributed by atoms with Crippen LogP contribution >= 0.6 is 0 Å². The van der Waals surface area contributed by atoms with E-state index in [0.717, 1.165) is 18.4 Å². The number of amides is 2. The van der Waals surface area contributed by atoms with Crippen molar-refractivity contribution in [2.75, 3.05) is 11.9 Å². The number of nitrogens with one attached hydrogen (secondary N) is 1. The van der Waals surface area contributed by atoms with Crippen molar-refractivity contribution in [2.45, 2.75) is 32.2 Å². The lowest BCUT2D eigenvalue weighted by Crippen LogP contribution is -2.41. The largest absolute Gasteiger partial charge is 0.481 e. The summed E-state index contributed by atoms with van der Waals surface area (Å²) >= 11 is 0. The Hall–Kier alpha value is -3.15. The number of nitrogens with zero attached hydrogens (tertiary/aromatic N) is 1. The number of rotatable bonds is 6. The van der Waals surface area contributed by atoms with Gasteiger partial charge in [-0.15, -0.1) is 0 Å². The molecule has 0 saturated heterocycles. The van der Waals surface area contributed by atoms with Crippen molar-refractivity contribution in [3.05, 3.63) is 65.7 Å². The number of carbonyl (C=O) groups excluding carboxylic acids is 2. The van der Waals surface area contributed by atoms with Crippen molar-refractivity contribution in [3.63, 3.8) is 0 Å². The van der Waals surface area contributed by atoms with Crippen LogP contribution in [0.25, 0.3) is 0 Å². The van der Waals surface area contributed by atoms with Crippen LogP contribution in [0.2, 0.25) is 0 Å². The molecule has 2 atom stereocenters. The Balaban J connectivity index is 1.77. The van der Waals surface area contributed by atoms with Crippen molar-refractivity contribution in [1.82, 2.24) is 5.32 Å². The van der Waals surface area contributed by atoms with E-state index in [2.05, 4.69) is 5.32 Å². The second-order valence-corrected chi connectivity index (χ2v) is 7.42. The summed E-state index contributed by atoms with van der Waals surface area (Å²) in [5.74, 6) is -2.68. The molecule has 152 valence electrons. The first kappa shape index (κ1) is 20.6. The van der Waals surface area contributed by atoms with E-state index >= 15 is 0 Å². The van der Waals surface area contributed by atoms with Crippen LogP contribution in [-0.4, -0.2) is 29.9 Å². The molecule has 3 rings (SSSR count). The van der Waals surface area contributed by atoms with Gasteiger partial charge in [0.25, 0.3) is 5.91 Å². The zero-order chi connectivity index (χ0) is 20.8. The average Bonchev–Trinajstić information content (AvgIpc) is 2.77. The SMILES string of the molecule is CN(C(=O)C1CCCCC1C(=O)O)c1ccccc1C(=O)NCc1ccccc1. The number of para-hydroxylation sites is 1. The molecule has 1 fully saturated rings. The molecule has 0 aromatic heterocycles. The lowest BCUT2D eigenvalue weighted by molar-refractivity contribution is -0.148. The minimum absolute atomic E-state index is 0.250. The molecular weight excluding hydrogens is 368 g/mol. The first-order valence-electron chi connectivity index (χ1n) is 9.90.